The second-order valence-electron chi connectivity index (χ2n) is 5.44. The Morgan fingerprint density at radius 3 is 1.00 bits per heavy atom. The maximum absolute atomic E-state index is 5.86. The average Bonchev–Trinajstić information content (AvgIpc) is 2.63. The quantitative estimate of drug-likeness (QED) is 0.207. The van der Waals surface area contributed by atoms with Crippen LogP contribution in [0.15, 0.2) is 0 Å². The number of rotatable bonds is 21. The molecule has 152 valence electrons. The van der Waals surface area contributed by atoms with Gasteiger partial charge in [-0.05, 0) is 0 Å². The first-order valence-electron chi connectivity index (χ1n) is 9.77. The molecule has 0 heterocycles. The third-order valence-electron chi connectivity index (χ3n) is 3.25. The summed E-state index contributed by atoms with van der Waals surface area (Å²) in [5, 5.41) is 0. The monoisotopic (exact) mass is 426 g/mol. The molecule has 0 saturated heterocycles. The molecule has 0 fully saturated rings. The number of ether oxygens (including phenoxy) is 3. The Balaban J connectivity index is 3.76. The van der Waals surface area contributed by atoms with E-state index < -0.39 is 15.7 Å². The first kappa shape index (κ1) is 25.3. The van der Waals surface area contributed by atoms with Gasteiger partial charge in [0.2, 0.25) is 0 Å². The Morgan fingerprint density at radius 2 is 0.720 bits per heavy atom. The summed E-state index contributed by atoms with van der Waals surface area (Å²) in [4.78, 5) is 0. The van der Waals surface area contributed by atoms with Gasteiger partial charge in [-0.25, -0.2) is 0 Å². The van der Waals surface area contributed by atoms with E-state index in [4.69, 9.17) is 25.4 Å². The molecule has 0 aromatic carbocycles. The molecule has 0 rings (SSSR count). The van der Waals surface area contributed by atoms with Crippen molar-refractivity contribution in [3.05, 3.63) is 0 Å². The van der Waals surface area contributed by atoms with Gasteiger partial charge in [-0.15, -0.1) is 0 Å². The third-order valence-corrected chi connectivity index (χ3v) is 5.73. The molecule has 0 amide bonds. The molecular weight excluding hydrogens is 387 g/mol. The molecule has 0 atom stereocenters. The van der Waals surface area contributed by atoms with Crippen molar-refractivity contribution in [3.8, 4) is 0 Å². The minimum absolute atomic E-state index is 0.685. The summed E-state index contributed by atoms with van der Waals surface area (Å²) in [6, 6.07) is 0. The maximum atomic E-state index is 5.86. The third kappa shape index (κ3) is 20.5. The topological polar surface area (TPSA) is 55.4 Å². The molecule has 7 heteroatoms. The van der Waals surface area contributed by atoms with E-state index in [0.29, 0.717) is 19.8 Å². The molecule has 25 heavy (non-hydrogen) atoms. The van der Waals surface area contributed by atoms with E-state index in [0.717, 1.165) is 78.2 Å². The number of hydrogen-bond acceptors (Lipinski definition) is 6. The van der Waals surface area contributed by atoms with Crippen LogP contribution in [0.3, 0.4) is 0 Å². The molecule has 0 radical (unpaired) electrons. The molecule has 6 nitrogen and oxygen atoms in total. The van der Waals surface area contributed by atoms with Gasteiger partial charge >= 0.3 is 160 Å². The van der Waals surface area contributed by atoms with Crippen LogP contribution in [-0.2, 0) is 25.4 Å². The van der Waals surface area contributed by atoms with Crippen molar-refractivity contribution >= 4 is 15.7 Å². The fraction of sp³-hybridized carbons (Fsp3) is 1.00. The van der Waals surface area contributed by atoms with Crippen molar-refractivity contribution in [2.45, 2.75) is 59.3 Å². The van der Waals surface area contributed by atoms with Crippen LogP contribution in [0.4, 0.5) is 0 Å². The fourth-order valence-corrected chi connectivity index (χ4v) is 4.10. The van der Waals surface area contributed by atoms with Crippen molar-refractivity contribution in [3.63, 3.8) is 0 Å². The summed E-state index contributed by atoms with van der Waals surface area (Å²) in [6.45, 7) is 12.8. The molecular formula is C18H39AsO6. The predicted octanol–water partition coefficient (Wildman–Crippen LogP) is 3.47. The molecule has 0 bridgehead atoms. The van der Waals surface area contributed by atoms with Crippen LogP contribution >= 0.6 is 0 Å². The second kappa shape index (κ2) is 22.4. The summed E-state index contributed by atoms with van der Waals surface area (Å²) in [6.07, 6.45) is 5.97. The normalized spacial score (nSPS) is 11.5. The van der Waals surface area contributed by atoms with Gasteiger partial charge in [0.25, 0.3) is 0 Å². The SMILES string of the molecule is CCOCCCCO[As](OCCCCOCC)OCCCCOCC. The first-order chi connectivity index (χ1) is 12.3. The van der Waals surface area contributed by atoms with Crippen LogP contribution in [-0.4, -0.2) is 75.1 Å². The van der Waals surface area contributed by atoms with Crippen LogP contribution in [0.5, 0.6) is 0 Å². The number of hydrogen-bond donors (Lipinski definition) is 0. The van der Waals surface area contributed by atoms with Gasteiger partial charge in [-0.3, -0.25) is 0 Å². The van der Waals surface area contributed by atoms with E-state index in [9.17, 15) is 0 Å². The van der Waals surface area contributed by atoms with E-state index in [-0.39, 0.29) is 0 Å². The van der Waals surface area contributed by atoms with Gasteiger partial charge < -0.3 is 0 Å². The molecule has 0 spiro atoms. The average molecular weight is 426 g/mol. The summed E-state index contributed by atoms with van der Waals surface area (Å²) < 4.78 is 33.6. The molecule has 0 aliphatic rings. The Kier molecular flexibility index (Phi) is 22.6. The molecule has 0 aromatic rings. The summed E-state index contributed by atoms with van der Waals surface area (Å²) >= 11 is -2.11. The Morgan fingerprint density at radius 1 is 0.440 bits per heavy atom. The van der Waals surface area contributed by atoms with Crippen LogP contribution in [0.25, 0.3) is 0 Å². The Hall–Kier alpha value is 0.318. The van der Waals surface area contributed by atoms with Crippen molar-refractivity contribution in [1.82, 2.24) is 0 Å². The zero-order valence-corrected chi connectivity index (χ0v) is 18.4. The van der Waals surface area contributed by atoms with E-state index in [2.05, 4.69) is 0 Å². The van der Waals surface area contributed by atoms with Crippen molar-refractivity contribution in [2.75, 3.05) is 59.5 Å². The van der Waals surface area contributed by atoms with Crippen LogP contribution in [0.2, 0.25) is 0 Å². The molecule has 0 saturated carbocycles. The van der Waals surface area contributed by atoms with Gasteiger partial charge in [0.15, 0.2) is 0 Å². The van der Waals surface area contributed by atoms with Gasteiger partial charge in [-0.1, -0.05) is 0 Å². The van der Waals surface area contributed by atoms with Gasteiger partial charge in [-0.2, -0.15) is 0 Å². The molecule has 0 aliphatic carbocycles. The van der Waals surface area contributed by atoms with Crippen LogP contribution in [0.1, 0.15) is 59.3 Å². The fourth-order valence-electron chi connectivity index (χ4n) is 1.88. The Bertz CT molecular complexity index is 208. The second-order valence-corrected chi connectivity index (χ2v) is 8.00. The van der Waals surface area contributed by atoms with Crippen molar-refractivity contribution in [1.29, 1.82) is 0 Å². The van der Waals surface area contributed by atoms with Crippen LogP contribution < -0.4 is 0 Å². The zero-order valence-electron chi connectivity index (χ0n) is 16.5. The first-order valence-corrected chi connectivity index (χ1v) is 12.1. The summed E-state index contributed by atoms with van der Waals surface area (Å²) in [5.74, 6) is 0. The van der Waals surface area contributed by atoms with E-state index in [1.807, 2.05) is 20.8 Å². The molecule has 0 unspecified atom stereocenters. The van der Waals surface area contributed by atoms with E-state index in [1.54, 1.807) is 0 Å². The van der Waals surface area contributed by atoms with Crippen LogP contribution in [0, 0.1) is 0 Å². The van der Waals surface area contributed by atoms with Crippen molar-refractivity contribution in [2.24, 2.45) is 0 Å². The number of unbranched alkanes of at least 4 members (excludes halogenated alkanes) is 3. The molecule has 0 N–H and O–H groups in total. The molecule has 0 aromatic heterocycles. The predicted molar refractivity (Wildman–Crippen MR) is 101 cm³/mol. The van der Waals surface area contributed by atoms with Gasteiger partial charge in [0.05, 0.1) is 0 Å². The standard InChI is InChI=1S/C18H39AsO6/c1-4-20-13-7-10-16-23-19(24-17-11-8-14-21-5-2)25-18-12-9-15-22-6-3/h4-18H2,1-3H3. The zero-order chi connectivity index (χ0) is 18.4. The summed E-state index contributed by atoms with van der Waals surface area (Å²) in [7, 11) is 0. The molecule has 0 aliphatic heterocycles. The minimum atomic E-state index is -2.11. The summed E-state index contributed by atoms with van der Waals surface area (Å²) in [5.41, 5.74) is 0. The van der Waals surface area contributed by atoms with Crippen molar-refractivity contribution < 1.29 is 25.4 Å². The van der Waals surface area contributed by atoms with E-state index >= 15 is 0 Å². The Labute approximate surface area is 160 Å². The van der Waals surface area contributed by atoms with Gasteiger partial charge in [0.1, 0.15) is 0 Å². The van der Waals surface area contributed by atoms with Gasteiger partial charge in [0, 0.05) is 0 Å². The van der Waals surface area contributed by atoms with E-state index in [1.165, 1.54) is 0 Å².